The number of hydrogen-bond acceptors (Lipinski definition) is 4. The van der Waals surface area contributed by atoms with Crippen LogP contribution in [-0.2, 0) is 4.74 Å². The standard InChI is InChI=1S/C17H20O4/c1-20-16(19)14-3-2-13(21-14)15(18)17-7-10-4-11(8-17)6-12(5-10)9-17/h2-3,10-12H,4-9H2,1H3. The van der Waals surface area contributed by atoms with Crippen LogP contribution in [0.2, 0.25) is 0 Å². The van der Waals surface area contributed by atoms with Crippen LogP contribution >= 0.6 is 0 Å². The van der Waals surface area contributed by atoms with Gasteiger partial charge in [0, 0.05) is 5.41 Å². The molecule has 112 valence electrons. The van der Waals surface area contributed by atoms with Crippen LogP contribution in [0.5, 0.6) is 0 Å². The van der Waals surface area contributed by atoms with Crippen LogP contribution < -0.4 is 0 Å². The highest BCUT2D eigenvalue weighted by atomic mass is 16.5. The quantitative estimate of drug-likeness (QED) is 0.631. The number of esters is 1. The molecule has 0 aliphatic heterocycles. The average molecular weight is 288 g/mol. The van der Waals surface area contributed by atoms with Crippen molar-refractivity contribution in [2.75, 3.05) is 7.11 Å². The lowest BCUT2D eigenvalue weighted by atomic mass is 9.48. The minimum absolute atomic E-state index is 0.108. The number of rotatable bonds is 3. The molecule has 4 aliphatic rings. The number of ketones is 1. The number of hydrogen-bond donors (Lipinski definition) is 0. The van der Waals surface area contributed by atoms with Gasteiger partial charge in [-0.2, -0.15) is 0 Å². The largest absolute Gasteiger partial charge is 0.463 e. The minimum Gasteiger partial charge on any atom is -0.463 e. The second kappa shape index (κ2) is 4.46. The Bertz CT molecular complexity index is 562. The third-order valence-corrected chi connectivity index (χ3v) is 5.74. The van der Waals surface area contributed by atoms with Crippen molar-refractivity contribution < 1.29 is 18.7 Å². The van der Waals surface area contributed by atoms with Crippen LogP contribution in [0.15, 0.2) is 16.5 Å². The maximum absolute atomic E-state index is 13.0. The van der Waals surface area contributed by atoms with E-state index in [1.54, 1.807) is 12.1 Å². The molecule has 4 heteroatoms. The van der Waals surface area contributed by atoms with Crippen LogP contribution in [0.4, 0.5) is 0 Å². The van der Waals surface area contributed by atoms with Crippen molar-refractivity contribution >= 4 is 11.8 Å². The summed E-state index contributed by atoms with van der Waals surface area (Å²) in [7, 11) is 1.31. The van der Waals surface area contributed by atoms with Gasteiger partial charge in [0.1, 0.15) is 0 Å². The number of ether oxygens (including phenoxy) is 1. The van der Waals surface area contributed by atoms with Crippen molar-refractivity contribution in [1.29, 1.82) is 0 Å². The molecule has 4 aliphatic carbocycles. The number of carbonyl (C=O) groups is 2. The first-order valence-electron chi connectivity index (χ1n) is 7.82. The number of Topliss-reactive ketones (excluding diaryl/α,β-unsaturated/α-hetero) is 1. The summed E-state index contributed by atoms with van der Waals surface area (Å²) in [5.74, 6) is 2.18. The van der Waals surface area contributed by atoms with Gasteiger partial charge >= 0.3 is 5.97 Å². The van der Waals surface area contributed by atoms with E-state index in [2.05, 4.69) is 4.74 Å². The van der Waals surface area contributed by atoms with E-state index in [0.717, 1.165) is 37.0 Å². The molecule has 0 spiro atoms. The number of methoxy groups -OCH3 is 1. The first kappa shape index (κ1) is 13.1. The molecule has 1 heterocycles. The maximum atomic E-state index is 13.0. The van der Waals surface area contributed by atoms with Gasteiger partial charge in [-0.1, -0.05) is 0 Å². The first-order valence-corrected chi connectivity index (χ1v) is 7.82. The van der Waals surface area contributed by atoms with Gasteiger partial charge < -0.3 is 9.15 Å². The molecule has 0 aromatic carbocycles. The summed E-state index contributed by atoms with van der Waals surface area (Å²) in [5.41, 5.74) is -0.222. The lowest BCUT2D eigenvalue weighted by molar-refractivity contribution is -0.0365. The van der Waals surface area contributed by atoms with E-state index in [1.165, 1.54) is 26.4 Å². The van der Waals surface area contributed by atoms with Gasteiger partial charge in [-0.15, -0.1) is 0 Å². The van der Waals surface area contributed by atoms with Crippen molar-refractivity contribution in [2.24, 2.45) is 23.2 Å². The lowest BCUT2D eigenvalue weighted by Gasteiger charge is -2.55. The molecule has 4 nitrogen and oxygen atoms in total. The highest BCUT2D eigenvalue weighted by Gasteiger charge is 2.55. The van der Waals surface area contributed by atoms with Gasteiger partial charge in [-0.25, -0.2) is 4.79 Å². The molecule has 0 N–H and O–H groups in total. The minimum atomic E-state index is -0.528. The fourth-order valence-electron chi connectivity index (χ4n) is 5.32. The van der Waals surface area contributed by atoms with Crippen LogP contribution in [0, 0.1) is 23.2 Å². The van der Waals surface area contributed by atoms with Gasteiger partial charge in [0.25, 0.3) is 0 Å². The van der Waals surface area contributed by atoms with Gasteiger partial charge in [0.15, 0.2) is 5.76 Å². The molecule has 4 saturated carbocycles. The van der Waals surface area contributed by atoms with E-state index >= 15 is 0 Å². The van der Waals surface area contributed by atoms with Crippen molar-refractivity contribution in [3.8, 4) is 0 Å². The molecular formula is C17H20O4. The van der Waals surface area contributed by atoms with Crippen molar-refractivity contribution in [3.05, 3.63) is 23.7 Å². The second-order valence-electron chi connectivity index (χ2n) is 7.18. The fraction of sp³-hybridized carbons (Fsp3) is 0.647. The van der Waals surface area contributed by atoms with Crippen LogP contribution in [0.3, 0.4) is 0 Å². The fourth-order valence-corrected chi connectivity index (χ4v) is 5.32. The predicted molar refractivity (Wildman–Crippen MR) is 75.0 cm³/mol. The number of furan rings is 1. The van der Waals surface area contributed by atoms with Crippen molar-refractivity contribution in [2.45, 2.75) is 38.5 Å². The molecule has 0 atom stereocenters. The summed E-state index contributed by atoms with van der Waals surface area (Å²) in [6.45, 7) is 0. The first-order chi connectivity index (χ1) is 10.1. The molecule has 0 amide bonds. The van der Waals surface area contributed by atoms with Gasteiger partial charge in [-0.3, -0.25) is 4.79 Å². The molecule has 4 fully saturated rings. The Kier molecular flexibility index (Phi) is 2.78. The van der Waals surface area contributed by atoms with E-state index < -0.39 is 5.97 Å². The maximum Gasteiger partial charge on any atom is 0.373 e. The van der Waals surface area contributed by atoms with Gasteiger partial charge in [-0.05, 0) is 68.4 Å². The molecule has 5 rings (SSSR count). The topological polar surface area (TPSA) is 56.5 Å². The molecular weight excluding hydrogens is 268 g/mol. The smallest absolute Gasteiger partial charge is 0.373 e. The Hall–Kier alpha value is -1.58. The Morgan fingerprint density at radius 1 is 1.05 bits per heavy atom. The average Bonchev–Trinajstić information content (AvgIpc) is 2.93. The summed E-state index contributed by atoms with van der Waals surface area (Å²) in [5, 5.41) is 0. The monoisotopic (exact) mass is 288 g/mol. The molecule has 21 heavy (non-hydrogen) atoms. The lowest BCUT2D eigenvalue weighted by Crippen LogP contribution is -2.49. The van der Waals surface area contributed by atoms with Gasteiger partial charge in [0.05, 0.1) is 7.11 Å². The van der Waals surface area contributed by atoms with Crippen LogP contribution in [-0.4, -0.2) is 18.9 Å². The van der Waals surface area contributed by atoms with Crippen molar-refractivity contribution in [1.82, 2.24) is 0 Å². The zero-order valence-electron chi connectivity index (χ0n) is 12.3. The van der Waals surface area contributed by atoms with Crippen LogP contribution in [0.25, 0.3) is 0 Å². The Balaban J connectivity index is 1.62. The zero-order chi connectivity index (χ0) is 14.6. The highest BCUT2D eigenvalue weighted by Crippen LogP contribution is 2.60. The van der Waals surface area contributed by atoms with E-state index in [1.807, 2.05) is 0 Å². The van der Waals surface area contributed by atoms with E-state index in [0.29, 0.717) is 5.76 Å². The van der Waals surface area contributed by atoms with E-state index in [-0.39, 0.29) is 17.0 Å². The summed E-state index contributed by atoms with van der Waals surface area (Å²) >= 11 is 0. The van der Waals surface area contributed by atoms with E-state index in [4.69, 9.17) is 4.42 Å². The summed E-state index contributed by atoms with van der Waals surface area (Å²) in [4.78, 5) is 24.4. The zero-order valence-corrected chi connectivity index (χ0v) is 12.3. The molecule has 4 bridgehead atoms. The number of carbonyl (C=O) groups excluding carboxylic acids is 2. The second-order valence-corrected chi connectivity index (χ2v) is 7.18. The molecule has 0 saturated heterocycles. The SMILES string of the molecule is COC(=O)c1ccc(C(=O)C23CC4CC(CC(C4)C2)C3)o1. The van der Waals surface area contributed by atoms with Crippen LogP contribution in [0.1, 0.15) is 59.6 Å². The summed E-state index contributed by atoms with van der Waals surface area (Å²) < 4.78 is 10.1. The Morgan fingerprint density at radius 3 is 2.10 bits per heavy atom. The highest BCUT2D eigenvalue weighted by molar-refractivity contribution is 5.99. The molecule has 1 aromatic heterocycles. The molecule has 0 radical (unpaired) electrons. The molecule has 1 aromatic rings. The van der Waals surface area contributed by atoms with Crippen molar-refractivity contribution in [3.63, 3.8) is 0 Å². The Morgan fingerprint density at radius 2 is 1.57 bits per heavy atom. The normalized spacial score (nSPS) is 36.7. The third-order valence-electron chi connectivity index (χ3n) is 5.74. The summed E-state index contributed by atoms with van der Waals surface area (Å²) in [6.07, 6.45) is 6.93. The van der Waals surface area contributed by atoms with Gasteiger partial charge in [0.2, 0.25) is 11.5 Å². The Labute approximate surface area is 123 Å². The van der Waals surface area contributed by atoms with E-state index in [9.17, 15) is 9.59 Å². The molecule has 0 unspecified atom stereocenters. The third kappa shape index (κ3) is 1.95. The predicted octanol–water partition coefficient (Wildman–Crippen LogP) is 3.47. The summed E-state index contributed by atoms with van der Waals surface area (Å²) in [6, 6.07) is 3.17.